The molecule has 0 aromatic heterocycles. The van der Waals surface area contributed by atoms with Crippen molar-refractivity contribution in [3.8, 4) is 0 Å². The molecule has 0 fully saturated rings. The standard InChI is InChI=1S/C70H22/c1-3-23-11-31-19-35-15-27-7-9-29-17-37-21-33-13-25-5-2-6-26-14-34-22-38-18-30-10-8-28-16-36-20-32-12-24(4-1)39(23)53-45(31)59-49(35)55-41(27)43(29)57-51(37)61-47(33)54(40(25)26)48(34)62-52(38)58-44(30)42(28)56-50(36)60(46(32)53)63(59)69-65(55)67(57)70(64(61)62)68(58)66(56)69/h1-22H. The fourth-order valence-electron chi connectivity index (χ4n) is 18.6. The molecule has 0 aliphatic rings. The van der Waals surface area contributed by atoms with Crippen molar-refractivity contribution in [2.45, 2.75) is 0 Å². The van der Waals surface area contributed by atoms with Gasteiger partial charge in [0, 0.05) is 0 Å². The Morgan fingerprint density at radius 3 is 0.429 bits per heavy atom. The van der Waals surface area contributed by atoms with Crippen LogP contribution in [0.1, 0.15) is 0 Å². The number of benzene rings is 25. The normalized spacial score (nSPS) is 14.9. The fourth-order valence-corrected chi connectivity index (χ4v) is 18.6. The van der Waals surface area contributed by atoms with Gasteiger partial charge in [0.15, 0.2) is 0 Å². The third kappa shape index (κ3) is 2.43. The predicted octanol–water partition coefficient (Wildman–Crippen LogP) is 20.4. The molecule has 0 bridgehead atoms. The first kappa shape index (κ1) is 30.3. The summed E-state index contributed by atoms with van der Waals surface area (Å²) in [5, 5.41) is 69.3. The molecule has 0 aliphatic heterocycles. The van der Waals surface area contributed by atoms with Gasteiger partial charge in [0.2, 0.25) is 0 Å². The van der Waals surface area contributed by atoms with E-state index >= 15 is 0 Å². The van der Waals surface area contributed by atoms with Gasteiger partial charge in [0.25, 0.3) is 0 Å². The van der Waals surface area contributed by atoms with Crippen molar-refractivity contribution < 1.29 is 0 Å². The van der Waals surface area contributed by atoms with Crippen molar-refractivity contribution in [1.29, 1.82) is 0 Å². The SMILES string of the molecule is c1cc2cc3cc4cc5ccc6cc7cc8cc9cccc%10cc%11cc%12cc%13ccc%14cc%15cc%16cc(c1)c2c1c3c2c4c3c5c6c4c7c5c8c(c9%10)c%11c6c%12c7c%13c%14c8c%15c(c%161)c2c1c3c4c(c56)c7c81. The summed E-state index contributed by atoms with van der Waals surface area (Å²) in [6, 6.07) is 54.7. The highest BCUT2D eigenvalue weighted by Crippen LogP contribution is 2.68. The van der Waals surface area contributed by atoms with E-state index in [1.165, 1.54) is 259 Å². The minimum absolute atomic E-state index is 1.35. The molecule has 0 nitrogen and oxygen atoms in total. The molecule has 0 heterocycles. The average molecular weight is 863 g/mol. The van der Waals surface area contributed by atoms with E-state index in [1.54, 1.807) is 0 Å². The van der Waals surface area contributed by atoms with Gasteiger partial charge >= 0.3 is 0 Å². The van der Waals surface area contributed by atoms with Crippen molar-refractivity contribution in [3.63, 3.8) is 0 Å². The molecule has 25 rings (SSSR count). The molecule has 0 saturated carbocycles. The van der Waals surface area contributed by atoms with Crippen LogP contribution in [0.25, 0.3) is 259 Å². The second-order valence-electron chi connectivity index (χ2n) is 22.7. The number of rotatable bonds is 0. The summed E-state index contributed by atoms with van der Waals surface area (Å²) in [6.45, 7) is 0. The molecule has 0 spiro atoms. The van der Waals surface area contributed by atoms with Crippen LogP contribution in [0.4, 0.5) is 0 Å². The van der Waals surface area contributed by atoms with Gasteiger partial charge in [-0.15, -0.1) is 0 Å². The minimum Gasteiger partial charge on any atom is -0.0610 e. The maximum absolute atomic E-state index is 2.58. The Morgan fingerprint density at radius 1 is 0.100 bits per heavy atom. The Bertz CT molecular complexity index is 5910. The Labute approximate surface area is 389 Å². The van der Waals surface area contributed by atoms with Crippen LogP contribution in [0.15, 0.2) is 133 Å². The zero-order valence-electron chi connectivity index (χ0n) is 36.7. The van der Waals surface area contributed by atoms with E-state index < -0.39 is 0 Å². The van der Waals surface area contributed by atoms with Crippen LogP contribution >= 0.6 is 0 Å². The second kappa shape index (κ2) is 8.44. The quantitative estimate of drug-likeness (QED) is 0.105. The first-order chi connectivity index (χ1) is 34.7. The lowest BCUT2D eigenvalue weighted by atomic mass is 9.68. The van der Waals surface area contributed by atoms with Gasteiger partial charge < -0.3 is 0 Å². The molecule has 0 amide bonds. The van der Waals surface area contributed by atoms with Gasteiger partial charge in [0.05, 0.1) is 0 Å². The van der Waals surface area contributed by atoms with Crippen molar-refractivity contribution in [3.05, 3.63) is 133 Å². The van der Waals surface area contributed by atoms with Crippen LogP contribution in [0.5, 0.6) is 0 Å². The van der Waals surface area contributed by atoms with Crippen LogP contribution in [0.3, 0.4) is 0 Å². The van der Waals surface area contributed by atoms with Gasteiger partial charge in [0.1, 0.15) is 0 Å². The fraction of sp³-hybridized carbons (Fsp3) is 0. The van der Waals surface area contributed by atoms with Crippen LogP contribution in [0, 0.1) is 0 Å². The molecule has 0 N–H and O–H groups in total. The zero-order chi connectivity index (χ0) is 43.3. The Hall–Kier alpha value is -9.10. The Balaban J connectivity index is 1.18. The summed E-state index contributed by atoms with van der Waals surface area (Å²) in [5.41, 5.74) is 0. The smallest absolute Gasteiger partial charge is 0.0000000465 e. The van der Waals surface area contributed by atoms with Gasteiger partial charge in [-0.3, -0.25) is 0 Å². The summed E-state index contributed by atoms with van der Waals surface area (Å²) in [5.74, 6) is 0. The largest absolute Gasteiger partial charge is 0.0610 e. The lowest BCUT2D eigenvalue weighted by Gasteiger charge is -2.34. The first-order valence-corrected chi connectivity index (χ1v) is 25.2. The molecule has 302 valence electrons. The van der Waals surface area contributed by atoms with Gasteiger partial charge in [-0.05, 0) is 331 Å². The molecule has 0 heteroatoms. The Kier molecular flexibility index (Phi) is 3.66. The topological polar surface area (TPSA) is 0 Å². The summed E-state index contributed by atoms with van der Waals surface area (Å²) in [6.07, 6.45) is 0. The van der Waals surface area contributed by atoms with E-state index in [-0.39, 0.29) is 0 Å². The predicted molar refractivity (Wildman–Crippen MR) is 306 cm³/mol. The number of hydrogen-bond donors (Lipinski definition) is 0. The molecule has 0 saturated heterocycles. The second-order valence-corrected chi connectivity index (χ2v) is 22.7. The van der Waals surface area contributed by atoms with Gasteiger partial charge in [-0.2, -0.15) is 0 Å². The van der Waals surface area contributed by atoms with E-state index in [2.05, 4.69) is 133 Å². The molecular weight excluding hydrogens is 841 g/mol. The van der Waals surface area contributed by atoms with Crippen LogP contribution in [-0.4, -0.2) is 0 Å². The lowest BCUT2D eigenvalue weighted by molar-refractivity contribution is 1.83. The van der Waals surface area contributed by atoms with Crippen molar-refractivity contribution in [2.75, 3.05) is 0 Å². The summed E-state index contributed by atoms with van der Waals surface area (Å²) in [7, 11) is 0. The summed E-state index contributed by atoms with van der Waals surface area (Å²) >= 11 is 0. The molecule has 0 radical (unpaired) electrons. The summed E-state index contributed by atoms with van der Waals surface area (Å²) < 4.78 is 0. The molecular formula is C70H22. The van der Waals surface area contributed by atoms with E-state index in [9.17, 15) is 0 Å². The highest BCUT2D eigenvalue weighted by molar-refractivity contribution is 6.70. The summed E-state index contributed by atoms with van der Waals surface area (Å²) in [4.78, 5) is 0. The lowest BCUT2D eigenvalue weighted by Crippen LogP contribution is -2.05. The first-order valence-electron chi connectivity index (χ1n) is 25.2. The maximum atomic E-state index is 2.58. The highest BCUT2D eigenvalue weighted by Gasteiger charge is 2.38. The van der Waals surface area contributed by atoms with E-state index in [4.69, 9.17) is 0 Å². The molecule has 25 aromatic carbocycles. The van der Waals surface area contributed by atoms with Crippen molar-refractivity contribution in [1.82, 2.24) is 0 Å². The van der Waals surface area contributed by atoms with Crippen molar-refractivity contribution >= 4 is 259 Å². The number of hydrogen-bond acceptors (Lipinski definition) is 0. The monoisotopic (exact) mass is 862 g/mol. The zero-order valence-corrected chi connectivity index (χ0v) is 36.7. The molecule has 70 heavy (non-hydrogen) atoms. The van der Waals surface area contributed by atoms with E-state index in [1.807, 2.05) is 0 Å². The molecule has 0 aliphatic carbocycles. The molecule has 0 atom stereocenters. The van der Waals surface area contributed by atoms with E-state index in [0.29, 0.717) is 0 Å². The third-order valence-electron chi connectivity index (χ3n) is 20.3. The van der Waals surface area contributed by atoms with Gasteiger partial charge in [-0.1, -0.05) is 60.7 Å². The van der Waals surface area contributed by atoms with Crippen LogP contribution in [-0.2, 0) is 0 Å². The van der Waals surface area contributed by atoms with Crippen LogP contribution < -0.4 is 0 Å². The average Bonchev–Trinajstić information content (AvgIpc) is 3.38. The van der Waals surface area contributed by atoms with Gasteiger partial charge in [-0.25, -0.2) is 0 Å². The highest BCUT2D eigenvalue weighted by atomic mass is 14.4. The van der Waals surface area contributed by atoms with E-state index in [0.717, 1.165) is 0 Å². The molecule has 0 unspecified atom stereocenters. The Morgan fingerprint density at radius 2 is 0.229 bits per heavy atom. The third-order valence-corrected chi connectivity index (χ3v) is 20.3. The molecule has 25 aromatic rings. The minimum atomic E-state index is 1.35. The van der Waals surface area contributed by atoms with Crippen molar-refractivity contribution in [2.24, 2.45) is 0 Å². The van der Waals surface area contributed by atoms with Crippen LogP contribution in [0.2, 0.25) is 0 Å². The maximum Gasteiger partial charge on any atom is -0.0000000465 e.